The fourth-order valence-electron chi connectivity index (χ4n) is 0.854. The summed E-state index contributed by atoms with van der Waals surface area (Å²) in [6.45, 7) is 0. The van der Waals surface area contributed by atoms with Crippen molar-refractivity contribution in [2.45, 2.75) is 6.18 Å². The van der Waals surface area contributed by atoms with Crippen molar-refractivity contribution >= 4 is 63.7 Å². The van der Waals surface area contributed by atoms with Crippen LogP contribution in [0.5, 0.6) is 0 Å². The lowest BCUT2D eigenvalue weighted by atomic mass is 10.2. The van der Waals surface area contributed by atoms with Gasteiger partial charge < -0.3 is 0 Å². The second kappa shape index (κ2) is 4.62. The number of benzene rings is 1. The molecule has 0 aromatic heterocycles. The Morgan fingerprint density at radius 1 is 0.733 bits per heavy atom. The summed E-state index contributed by atoms with van der Waals surface area (Å²) in [7, 11) is 0. The third-order valence-electron chi connectivity index (χ3n) is 1.49. The first-order valence-corrected chi connectivity index (χ1v) is 6.43. The molecule has 1 aromatic rings. The molecule has 1 aromatic carbocycles. The summed E-state index contributed by atoms with van der Waals surface area (Å²) in [5.74, 6) is -1.36. The smallest absolute Gasteiger partial charge is 0.205 e. The number of rotatable bonds is 0. The van der Waals surface area contributed by atoms with E-state index in [0.717, 1.165) is 0 Å². The predicted octanol–water partition coefficient (Wildman–Crippen LogP) is 5.89. The SMILES string of the molecule is Fc1c(Br)c(Br)c(Br)c(Br)c1C(F)(F)F. The van der Waals surface area contributed by atoms with Gasteiger partial charge in [-0.2, -0.15) is 13.2 Å². The van der Waals surface area contributed by atoms with Gasteiger partial charge >= 0.3 is 6.18 Å². The molecular weight excluding hydrogens is 480 g/mol. The zero-order valence-corrected chi connectivity index (χ0v) is 12.9. The van der Waals surface area contributed by atoms with Crippen molar-refractivity contribution in [1.29, 1.82) is 0 Å². The van der Waals surface area contributed by atoms with E-state index < -0.39 is 17.6 Å². The molecule has 0 atom stereocenters. The average Bonchev–Trinajstić information content (AvgIpc) is 2.09. The van der Waals surface area contributed by atoms with Crippen LogP contribution in [0.15, 0.2) is 17.9 Å². The summed E-state index contributed by atoms with van der Waals surface area (Å²) in [5.41, 5.74) is -1.34. The Morgan fingerprint density at radius 3 is 1.53 bits per heavy atom. The number of alkyl halides is 3. The Hall–Kier alpha value is 0.860. The highest BCUT2D eigenvalue weighted by molar-refractivity contribution is 9.15. The van der Waals surface area contributed by atoms with Gasteiger partial charge in [0, 0.05) is 8.95 Å². The average molecular weight is 480 g/mol. The molecule has 8 heteroatoms. The standard InChI is InChI=1S/C7Br4F4/c8-2-1(7(13,14)15)6(12)5(11)4(10)3(2)9. The molecule has 0 saturated heterocycles. The Kier molecular flexibility index (Phi) is 4.29. The number of halogens is 8. The second-order valence-corrected chi connectivity index (χ2v) is 5.61. The van der Waals surface area contributed by atoms with Crippen LogP contribution >= 0.6 is 63.7 Å². The lowest BCUT2D eigenvalue weighted by Gasteiger charge is -2.14. The van der Waals surface area contributed by atoms with Gasteiger partial charge in [-0.25, -0.2) is 4.39 Å². The van der Waals surface area contributed by atoms with Crippen LogP contribution in [-0.4, -0.2) is 0 Å². The van der Waals surface area contributed by atoms with Crippen LogP contribution in [0.3, 0.4) is 0 Å². The Balaban J connectivity index is 3.68. The van der Waals surface area contributed by atoms with E-state index in [9.17, 15) is 17.6 Å². The van der Waals surface area contributed by atoms with Crippen molar-refractivity contribution in [3.05, 3.63) is 29.3 Å². The number of hydrogen-bond acceptors (Lipinski definition) is 0. The van der Waals surface area contributed by atoms with Gasteiger partial charge in [-0.3, -0.25) is 0 Å². The van der Waals surface area contributed by atoms with Gasteiger partial charge in [0.15, 0.2) is 5.82 Å². The highest BCUT2D eigenvalue weighted by Gasteiger charge is 2.39. The summed E-state index contributed by atoms with van der Waals surface area (Å²) < 4.78 is 50.4. The van der Waals surface area contributed by atoms with Crippen LogP contribution in [0.1, 0.15) is 5.56 Å². The molecule has 0 amide bonds. The molecule has 0 saturated carbocycles. The van der Waals surface area contributed by atoms with Gasteiger partial charge in [0.2, 0.25) is 0 Å². The summed E-state index contributed by atoms with van der Waals surface area (Å²) >= 11 is 11.3. The Labute approximate surface area is 116 Å². The van der Waals surface area contributed by atoms with Crippen molar-refractivity contribution in [2.75, 3.05) is 0 Å². The molecule has 15 heavy (non-hydrogen) atoms. The Bertz CT molecular complexity index is 383. The zero-order chi connectivity index (χ0) is 12.0. The molecule has 0 radical (unpaired) electrons. The van der Waals surface area contributed by atoms with Crippen LogP contribution in [0.2, 0.25) is 0 Å². The molecule has 0 aliphatic carbocycles. The molecule has 1 rings (SSSR count). The lowest BCUT2D eigenvalue weighted by Crippen LogP contribution is -2.10. The van der Waals surface area contributed by atoms with E-state index in [2.05, 4.69) is 63.7 Å². The van der Waals surface area contributed by atoms with Crippen molar-refractivity contribution < 1.29 is 17.6 Å². The highest BCUT2D eigenvalue weighted by atomic mass is 79.9. The van der Waals surface area contributed by atoms with E-state index in [1.54, 1.807) is 0 Å². The molecule has 0 N–H and O–H groups in total. The molecule has 84 valence electrons. The lowest BCUT2D eigenvalue weighted by molar-refractivity contribution is -0.140. The predicted molar refractivity (Wildman–Crippen MR) is 62.2 cm³/mol. The summed E-state index contributed by atoms with van der Waals surface area (Å²) in [4.78, 5) is 0. The van der Waals surface area contributed by atoms with Crippen molar-refractivity contribution in [1.82, 2.24) is 0 Å². The summed E-state index contributed by atoms with van der Waals surface area (Å²) in [6.07, 6.45) is -4.76. The molecule has 0 aliphatic rings. The van der Waals surface area contributed by atoms with Crippen molar-refractivity contribution in [3.63, 3.8) is 0 Å². The van der Waals surface area contributed by atoms with Crippen LogP contribution in [0.25, 0.3) is 0 Å². The highest BCUT2D eigenvalue weighted by Crippen LogP contribution is 2.46. The minimum absolute atomic E-state index is 0.100. The van der Waals surface area contributed by atoms with E-state index in [4.69, 9.17) is 0 Å². The van der Waals surface area contributed by atoms with E-state index in [1.165, 1.54) is 0 Å². The molecule has 0 spiro atoms. The first kappa shape index (κ1) is 13.9. The molecule has 0 aliphatic heterocycles. The summed E-state index contributed by atoms with van der Waals surface area (Å²) in [5, 5.41) is 0. The van der Waals surface area contributed by atoms with Gasteiger partial charge in [0.1, 0.15) is 5.56 Å². The molecule has 0 heterocycles. The van der Waals surface area contributed by atoms with Gasteiger partial charge in [0.05, 0.1) is 8.95 Å². The zero-order valence-electron chi connectivity index (χ0n) is 6.52. The van der Waals surface area contributed by atoms with E-state index >= 15 is 0 Å². The van der Waals surface area contributed by atoms with E-state index in [1.807, 2.05) is 0 Å². The Morgan fingerprint density at radius 2 is 1.13 bits per heavy atom. The van der Waals surface area contributed by atoms with Gasteiger partial charge in [-0.05, 0) is 63.7 Å². The normalized spacial score (nSPS) is 12.0. The third-order valence-corrected chi connectivity index (χ3v) is 6.21. The van der Waals surface area contributed by atoms with Crippen molar-refractivity contribution in [3.8, 4) is 0 Å². The monoisotopic (exact) mass is 476 g/mol. The molecule has 0 nitrogen and oxygen atoms in total. The van der Waals surface area contributed by atoms with E-state index in [-0.39, 0.29) is 17.9 Å². The maximum atomic E-state index is 13.4. The second-order valence-electron chi connectivity index (χ2n) is 2.44. The minimum Gasteiger partial charge on any atom is -0.205 e. The van der Waals surface area contributed by atoms with Crippen molar-refractivity contribution in [2.24, 2.45) is 0 Å². The summed E-state index contributed by atoms with van der Waals surface area (Å²) in [6, 6.07) is 0. The maximum absolute atomic E-state index is 13.4. The fourth-order valence-corrected chi connectivity index (χ4v) is 3.15. The number of hydrogen-bond donors (Lipinski definition) is 0. The largest absolute Gasteiger partial charge is 0.420 e. The molecule has 0 bridgehead atoms. The van der Waals surface area contributed by atoms with Crippen LogP contribution in [0.4, 0.5) is 17.6 Å². The molecule has 0 fully saturated rings. The first-order chi connectivity index (χ1) is 6.68. The van der Waals surface area contributed by atoms with Gasteiger partial charge in [-0.1, -0.05) is 0 Å². The van der Waals surface area contributed by atoms with Crippen LogP contribution in [-0.2, 0) is 6.18 Å². The van der Waals surface area contributed by atoms with Crippen LogP contribution < -0.4 is 0 Å². The molecular formula is C7Br4F4. The van der Waals surface area contributed by atoms with E-state index in [0.29, 0.717) is 0 Å². The maximum Gasteiger partial charge on any atom is 0.420 e. The van der Waals surface area contributed by atoms with Crippen LogP contribution in [0, 0.1) is 5.82 Å². The topological polar surface area (TPSA) is 0 Å². The first-order valence-electron chi connectivity index (χ1n) is 3.26. The minimum atomic E-state index is -4.76. The third kappa shape index (κ3) is 2.58. The van der Waals surface area contributed by atoms with Gasteiger partial charge in [0.25, 0.3) is 0 Å². The quantitative estimate of drug-likeness (QED) is 0.247. The molecule has 0 unspecified atom stereocenters. The van der Waals surface area contributed by atoms with Gasteiger partial charge in [-0.15, -0.1) is 0 Å². The fraction of sp³-hybridized carbons (Fsp3) is 0.143.